The highest BCUT2D eigenvalue weighted by Gasteiger charge is 2.35. The number of anilines is 1. The number of amides is 2. The van der Waals surface area contributed by atoms with Gasteiger partial charge in [-0.2, -0.15) is 0 Å². The van der Waals surface area contributed by atoms with Crippen LogP contribution in [0, 0.1) is 5.92 Å². The van der Waals surface area contributed by atoms with E-state index >= 15 is 0 Å². The third-order valence-corrected chi connectivity index (χ3v) is 6.05. The molecule has 1 atom stereocenters. The fourth-order valence-electron chi connectivity index (χ4n) is 4.24. The quantitative estimate of drug-likeness (QED) is 0.656. The topological polar surface area (TPSA) is 75.4 Å². The second-order valence-corrected chi connectivity index (χ2v) is 9.11. The molecule has 6 nitrogen and oxygen atoms in total. The van der Waals surface area contributed by atoms with Crippen LogP contribution in [0.5, 0.6) is 0 Å². The number of nitrogens with one attached hydrogen (secondary N) is 1. The number of rotatable bonds is 5. The Bertz CT molecular complexity index is 1150. The SMILES string of the molecule is CC(C)CC(=O)N1Cc2ccccc2CC1C(=O)Nc1ccc2oc(C3CC3)nc2c1. The van der Waals surface area contributed by atoms with Crippen molar-refractivity contribution in [1.82, 2.24) is 9.88 Å². The van der Waals surface area contributed by atoms with Crippen LogP contribution in [0.15, 0.2) is 46.9 Å². The first-order valence-electron chi connectivity index (χ1n) is 11.1. The summed E-state index contributed by atoms with van der Waals surface area (Å²) in [5.74, 6) is 1.31. The van der Waals surface area contributed by atoms with Crippen LogP contribution in [-0.4, -0.2) is 27.7 Å². The molecule has 1 aliphatic heterocycles. The maximum atomic E-state index is 13.3. The number of nitrogens with zero attached hydrogens (tertiary/aromatic N) is 2. The number of carbonyl (C=O) groups is 2. The summed E-state index contributed by atoms with van der Waals surface area (Å²) in [5.41, 5.74) is 4.39. The maximum Gasteiger partial charge on any atom is 0.247 e. The number of aromatic nitrogens is 1. The molecule has 5 rings (SSSR count). The normalized spacial score (nSPS) is 18.3. The van der Waals surface area contributed by atoms with E-state index in [1.807, 2.05) is 56.3 Å². The van der Waals surface area contributed by atoms with Gasteiger partial charge >= 0.3 is 0 Å². The van der Waals surface area contributed by atoms with E-state index in [0.29, 0.717) is 31.0 Å². The molecule has 3 aromatic rings. The van der Waals surface area contributed by atoms with Crippen molar-refractivity contribution in [3.8, 4) is 0 Å². The average molecular weight is 418 g/mol. The molecule has 1 unspecified atom stereocenters. The van der Waals surface area contributed by atoms with Gasteiger partial charge in [0, 0.05) is 31.0 Å². The smallest absolute Gasteiger partial charge is 0.247 e. The van der Waals surface area contributed by atoms with Crippen LogP contribution in [0.1, 0.15) is 56.0 Å². The van der Waals surface area contributed by atoms with Crippen LogP contribution in [-0.2, 0) is 22.6 Å². The molecule has 1 aliphatic carbocycles. The average Bonchev–Trinajstić information content (AvgIpc) is 3.51. The second kappa shape index (κ2) is 7.84. The molecule has 0 spiro atoms. The fourth-order valence-corrected chi connectivity index (χ4v) is 4.24. The molecule has 1 aromatic heterocycles. The molecule has 2 aromatic carbocycles. The lowest BCUT2D eigenvalue weighted by Gasteiger charge is -2.36. The van der Waals surface area contributed by atoms with Gasteiger partial charge < -0.3 is 14.6 Å². The minimum atomic E-state index is -0.531. The second-order valence-electron chi connectivity index (χ2n) is 9.11. The summed E-state index contributed by atoms with van der Waals surface area (Å²) in [7, 11) is 0. The summed E-state index contributed by atoms with van der Waals surface area (Å²) < 4.78 is 5.82. The fraction of sp³-hybridized carbons (Fsp3) is 0.400. The van der Waals surface area contributed by atoms with Gasteiger partial charge in [0.05, 0.1) is 0 Å². The third-order valence-electron chi connectivity index (χ3n) is 6.05. The van der Waals surface area contributed by atoms with Crippen molar-refractivity contribution < 1.29 is 14.0 Å². The first-order valence-corrected chi connectivity index (χ1v) is 11.1. The molecule has 0 bridgehead atoms. The number of fused-ring (bicyclic) bond motifs is 2. The summed E-state index contributed by atoms with van der Waals surface area (Å²) in [6, 6.07) is 13.0. The van der Waals surface area contributed by atoms with E-state index in [0.717, 1.165) is 41.0 Å². The molecule has 2 amide bonds. The summed E-state index contributed by atoms with van der Waals surface area (Å²) in [6.45, 7) is 4.51. The zero-order valence-electron chi connectivity index (χ0n) is 17.9. The van der Waals surface area contributed by atoms with Gasteiger partial charge in [0.15, 0.2) is 11.5 Å². The van der Waals surface area contributed by atoms with E-state index in [2.05, 4.69) is 10.3 Å². The number of carbonyl (C=O) groups excluding carboxylic acids is 2. The Kier molecular flexibility index (Phi) is 5.00. The van der Waals surface area contributed by atoms with Crippen molar-refractivity contribution in [3.05, 3.63) is 59.5 Å². The lowest BCUT2D eigenvalue weighted by Crippen LogP contribution is -2.50. The van der Waals surface area contributed by atoms with E-state index in [-0.39, 0.29) is 17.7 Å². The summed E-state index contributed by atoms with van der Waals surface area (Å²) >= 11 is 0. The lowest BCUT2D eigenvalue weighted by atomic mass is 9.92. The number of hydrogen-bond acceptors (Lipinski definition) is 4. The Balaban J connectivity index is 1.39. The molecule has 2 aliphatic rings. The van der Waals surface area contributed by atoms with Crippen LogP contribution in [0.2, 0.25) is 0 Å². The molecule has 31 heavy (non-hydrogen) atoms. The molecule has 160 valence electrons. The Labute approximate surface area is 181 Å². The molecular weight excluding hydrogens is 390 g/mol. The minimum absolute atomic E-state index is 0.0191. The Morgan fingerprint density at radius 1 is 1.16 bits per heavy atom. The van der Waals surface area contributed by atoms with Crippen LogP contribution < -0.4 is 5.32 Å². The van der Waals surface area contributed by atoms with Crippen LogP contribution in [0.25, 0.3) is 11.1 Å². The molecule has 6 heteroatoms. The van der Waals surface area contributed by atoms with Crippen LogP contribution in [0.3, 0.4) is 0 Å². The van der Waals surface area contributed by atoms with Gasteiger partial charge in [0.2, 0.25) is 11.8 Å². The predicted molar refractivity (Wildman–Crippen MR) is 119 cm³/mol. The molecule has 1 saturated carbocycles. The zero-order chi connectivity index (χ0) is 21.5. The number of benzene rings is 2. The van der Waals surface area contributed by atoms with E-state index in [1.54, 1.807) is 4.90 Å². The Morgan fingerprint density at radius 3 is 2.68 bits per heavy atom. The lowest BCUT2D eigenvalue weighted by molar-refractivity contribution is -0.140. The first-order chi connectivity index (χ1) is 15.0. The number of hydrogen-bond donors (Lipinski definition) is 1. The van der Waals surface area contributed by atoms with E-state index in [9.17, 15) is 9.59 Å². The van der Waals surface area contributed by atoms with E-state index in [1.165, 1.54) is 0 Å². The molecular formula is C25H27N3O3. The monoisotopic (exact) mass is 417 g/mol. The minimum Gasteiger partial charge on any atom is -0.440 e. The molecule has 0 saturated heterocycles. The van der Waals surface area contributed by atoms with Gasteiger partial charge in [0.25, 0.3) is 0 Å². The van der Waals surface area contributed by atoms with E-state index in [4.69, 9.17) is 4.42 Å². The Hall–Kier alpha value is -3.15. The third kappa shape index (κ3) is 4.07. The maximum absolute atomic E-state index is 13.3. The van der Waals surface area contributed by atoms with Gasteiger partial charge in [-0.25, -0.2) is 4.98 Å². The molecule has 0 radical (unpaired) electrons. The first kappa shape index (κ1) is 19.8. The Morgan fingerprint density at radius 2 is 1.94 bits per heavy atom. The van der Waals surface area contributed by atoms with Crippen molar-refractivity contribution >= 4 is 28.6 Å². The summed E-state index contributed by atoms with van der Waals surface area (Å²) in [6.07, 6.45) is 3.20. The van der Waals surface area contributed by atoms with Crippen molar-refractivity contribution in [2.75, 3.05) is 5.32 Å². The van der Waals surface area contributed by atoms with Crippen molar-refractivity contribution in [1.29, 1.82) is 0 Å². The van der Waals surface area contributed by atoms with Gasteiger partial charge in [-0.15, -0.1) is 0 Å². The highest BCUT2D eigenvalue weighted by atomic mass is 16.3. The predicted octanol–water partition coefficient (Wildman–Crippen LogP) is 4.64. The van der Waals surface area contributed by atoms with Gasteiger partial charge in [-0.1, -0.05) is 38.1 Å². The summed E-state index contributed by atoms with van der Waals surface area (Å²) in [5, 5.41) is 3.01. The largest absolute Gasteiger partial charge is 0.440 e. The highest BCUT2D eigenvalue weighted by molar-refractivity contribution is 5.98. The van der Waals surface area contributed by atoms with Gasteiger partial charge in [-0.3, -0.25) is 9.59 Å². The standard InChI is InChI=1S/C25H27N3O3/c1-15(2)11-23(29)28-14-18-6-4-3-5-17(18)12-21(28)24(30)26-19-9-10-22-20(13-19)27-25(31-22)16-7-8-16/h3-6,9-10,13,15-16,21H,7-8,11-12,14H2,1-2H3,(H,26,30). The number of oxazole rings is 1. The van der Waals surface area contributed by atoms with Gasteiger partial charge in [0.1, 0.15) is 11.6 Å². The summed E-state index contributed by atoms with van der Waals surface area (Å²) in [4.78, 5) is 32.6. The van der Waals surface area contributed by atoms with Crippen molar-refractivity contribution in [2.45, 2.75) is 58.0 Å². The highest BCUT2D eigenvalue weighted by Crippen LogP contribution is 2.40. The van der Waals surface area contributed by atoms with Crippen molar-refractivity contribution in [3.63, 3.8) is 0 Å². The van der Waals surface area contributed by atoms with E-state index < -0.39 is 6.04 Å². The zero-order valence-corrected chi connectivity index (χ0v) is 17.9. The molecule has 2 heterocycles. The van der Waals surface area contributed by atoms with Gasteiger partial charge in [-0.05, 0) is 48.1 Å². The van der Waals surface area contributed by atoms with Crippen LogP contribution in [0.4, 0.5) is 5.69 Å². The van der Waals surface area contributed by atoms with Crippen molar-refractivity contribution in [2.24, 2.45) is 5.92 Å². The molecule has 1 fully saturated rings. The molecule has 1 N–H and O–H groups in total. The van der Waals surface area contributed by atoms with Crippen LogP contribution >= 0.6 is 0 Å².